The largest absolute Gasteiger partial charge is 0.352 e. The molecule has 10 heavy (non-hydrogen) atoms. The smallest absolute Gasteiger partial charge is 0.272 e. The number of carbonyl (C=O) groups is 2. The molecule has 0 aromatic heterocycles. The number of hydrogen-bond donors (Lipinski definition) is 0. The third kappa shape index (κ3) is 1.20. The molecule has 1 heterocycles. The fraction of sp³-hybridized carbons (Fsp3) is 0.500. The van der Waals surface area contributed by atoms with Crippen LogP contribution in [0.15, 0.2) is 0 Å². The molecule has 54 valence electrons. The number of amides is 2. The monoisotopic (exact) mass is 161 g/mol. The first-order valence-corrected chi connectivity index (χ1v) is 3.34. The minimum Gasteiger partial charge on any atom is -0.272 e. The van der Waals surface area contributed by atoms with Gasteiger partial charge in [-0.25, -0.2) is 4.57 Å². The van der Waals surface area contributed by atoms with Gasteiger partial charge in [0.05, 0.1) is 0 Å². The van der Waals surface area contributed by atoms with E-state index in [0.29, 0.717) is 5.06 Å². The van der Waals surface area contributed by atoms with E-state index in [9.17, 15) is 14.2 Å². The second-order valence-electron chi connectivity index (χ2n) is 1.74. The molecule has 1 aliphatic rings. The van der Waals surface area contributed by atoms with Crippen molar-refractivity contribution in [3.63, 3.8) is 0 Å². The maximum absolute atomic E-state index is 10.6. The highest BCUT2D eigenvalue weighted by molar-refractivity contribution is 7.17. The van der Waals surface area contributed by atoms with Crippen molar-refractivity contribution in [3.8, 4) is 0 Å². The van der Waals surface area contributed by atoms with Crippen molar-refractivity contribution in [1.29, 1.82) is 0 Å². The molecule has 1 fully saturated rings. The lowest BCUT2D eigenvalue weighted by Crippen LogP contribution is -2.25. The van der Waals surface area contributed by atoms with Crippen LogP contribution in [0.3, 0.4) is 0 Å². The van der Waals surface area contributed by atoms with E-state index in [2.05, 4.69) is 4.62 Å². The van der Waals surface area contributed by atoms with Crippen LogP contribution in [0.25, 0.3) is 0 Å². The summed E-state index contributed by atoms with van der Waals surface area (Å²) in [4.78, 5) is 21.2. The number of nitrogens with zero attached hydrogens (tertiary/aromatic N) is 1. The van der Waals surface area contributed by atoms with Crippen LogP contribution in [0.4, 0.5) is 0 Å². The lowest BCUT2D eigenvalue weighted by Gasteiger charge is -2.04. The van der Waals surface area contributed by atoms with E-state index >= 15 is 0 Å². The topological polar surface area (TPSA) is 63.7 Å². The van der Waals surface area contributed by atoms with Gasteiger partial charge in [-0.1, -0.05) is 0 Å². The molecule has 1 saturated heterocycles. The van der Waals surface area contributed by atoms with Crippen LogP contribution in [0, 0.1) is 0 Å². The van der Waals surface area contributed by atoms with Crippen LogP contribution >= 0.6 is 8.69 Å². The summed E-state index contributed by atoms with van der Waals surface area (Å²) in [6.07, 6.45) is 0.294. The molecular formula is C4H4NO4P. The van der Waals surface area contributed by atoms with E-state index in [1.165, 1.54) is 0 Å². The average molecular weight is 161 g/mol. The maximum Gasteiger partial charge on any atom is 0.352 e. The number of carbonyl (C=O) groups excluding carboxylic acids is 2. The second kappa shape index (κ2) is 2.86. The molecule has 0 bridgehead atoms. The summed E-state index contributed by atoms with van der Waals surface area (Å²) in [5.74, 6) is -0.873. The number of hydrogen-bond acceptors (Lipinski definition) is 4. The van der Waals surface area contributed by atoms with Crippen molar-refractivity contribution in [1.82, 2.24) is 5.06 Å². The molecular weight excluding hydrogens is 157 g/mol. The number of rotatable bonds is 2. The second-order valence-corrected chi connectivity index (χ2v) is 2.05. The average Bonchev–Trinajstić information content (AvgIpc) is 2.20. The molecule has 0 aliphatic carbocycles. The van der Waals surface area contributed by atoms with E-state index in [1.807, 2.05) is 0 Å². The number of hydroxylamine groups is 2. The normalized spacial score (nSPS) is 19.0. The van der Waals surface area contributed by atoms with Gasteiger partial charge in [0.25, 0.3) is 11.8 Å². The molecule has 1 rings (SSSR count). The van der Waals surface area contributed by atoms with Gasteiger partial charge in [-0.3, -0.25) is 9.59 Å². The molecule has 0 saturated carbocycles. The Morgan fingerprint density at radius 3 is 2.20 bits per heavy atom. The van der Waals surface area contributed by atoms with Gasteiger partial charge in [-0.15, -0.1) is 5.06 Å². The third-order valence-corrected chi connectivity index (χ3v) is 1.35. The standard InChI is InChI=1S/C4H4NO4P/c6-3-1-2-4(7)5(3)9-10-8/h1-2H2. The molecule has 0 spiro atoms. The Morgan fingerprint density at radius 1 is 1.30 bits per heavy atom. The first kappa shape index (κ1) is 7.31. The summed E-state index contributed by atoms with van der Waals surface area (Å²) in [5, 5.41) is 0.522. The Hall–Kier alpha value is -0.800. The van der Waals surface area contributed by atoms with Gasteiger partial charge in [0.2, 0.25) is 0 Å². The highest BCUT2D eigenvalue weighted by Crippen LogP contribution is 2.15. The molecule has 1 aliphatic heterocycles. The summed E-state index contributed by atoms with van der Waals surface area (Å²) < 4.78 is 14.0. The van der Waals surface area contributed by atoms with Crippen molar-refractivity contribution < 1.29 is 18.8 Å². The Balaban J connectivity index is 2.62. The van der Waals surface area contributed by atoms with Crippen molar-refractivity contribution in [2.24, 2.45) is 0 Å². The summed E-state index contributed by atoms with van der Waals surface area (Å²) in [6, 6.07) is 0. The lowest BCUT2D eigenvalue weighted by molar-refractivity contribution is -0.162. The maximum atomic E-state index is 10.6. The summed E-state index contributed by atoms with van der Waals surface area (Å²) in [7, 11) is -0.681. The number of imide groups is 1. The first-order chi connectivity index (χ1) is 4.75. The zero-order chi connectivity index (χ0) is 7.56. The zero-order valence-corrected chi connectivity index (χ0v) is 5.84. The van der Waals surface area contributed by atoms with Gasteiger partial charge in [-0.2, -0.15) is 4.62 Å². The molecule has 0 aromatic rings. The Bertz CT molecular complexity index is 176. The van der Waals surface area contributed by atoms with E-state index in [0.717, 1.165) is 0 Å². The molecule has 0 radical (unpaired) electrons. The Labute approximate surface area is 58.2 Å². The van der Waals surface area contributed by atoms with E-state index in [4.69, 9.17) is 0 Å². The van der Waals surface area contributed by atoms with E-state index in [1.54, 1.807) is 0 Å². The fourth-order valence-corrected chi connectivity index (χ4v) is 0.929. The minimum absolute atomic E-state index is 0.147. The Kier molecular flexibility index (Phi) is 2.09. The SMILES string of the molecule is O=PON1C(=O)CCC1=O. The molecule has 5 nitrogen and oxygen atoms in total. The predicted molar refractivity (Wildman–Crippen MR) is 29.8 cm³/mol. The summed E-state index contributed by atoms with van der Waals surface area (Å²) >= 11 is 0. The minimum atomic E-state index is -0.681. The quantitative estimate of drug-likeness (QED) is 0.430. The molecule has 2 amide bonds. The van der Waals surface area contributed by atoms with Gasteiger partial charge in [0.15, 0.2) is 0 Å². The molecule has 0 aromatic carbocycles. The lowest BCUT2D eigenvalue weighted by atomic mass is 10.4. The van der Waals surface area contributed by atoms with Crippen LogP contribution < -0.4 is 0 Å². The highest BCUT2D eigenvalue weighted by atomic mass is 31.1. The van der Waals surface area contributed by atoms with E-state index < -0.39 is 20.5 Å². The Morgan fingerprint density at radius 2 is 1.80 bits per heavy atom. The summed E-state index contributed by atoms with van der Waals surface area (Å²) in [6.45, 7) is 0. The van der Waals surface area contributed by atoms with Crippen LogP contribution in [0.2, 0.25) is 0 Å². The molecule has 6 heteroatoms. The summed E-state index contributed by atoms with van der Waals surface area (Å²) in [5.41, 5.74) is 0. The van der Waals surface area contributed by atoms with Crippen LogP contribution in [0.1, 0.15) is 12.8 Å². The van der Waals surface area contributed by atoms with Crippen LogP contribution in [0.5, 0.6) is 0 Å². The van der Waals surface area contributed by atoms with Crippen molar-refractivity contribution >= 4 is 20.5 Å². The molecule has 0 N–H and O–H groups in total. The highest BCUT2D eigenvalue weighted by Gasteiger charge is 2.30. The fourth-order valence-electron chi connectivity index (χ4n) is 0.680. The van der Waals surface area contributed by atoms with Gasteiger partial charge in [0.1, 0.15) is 0 Å². The predicted octanol–water partition coefficient (Wildman–Crippen LogP) is 0.274. The molecule has 0 unspecified atom stereocenters. The van der Waals surface area contributed by atoms with Crippen LogP contribution in [-0.2, 0) is 18.8 Å². The van der Waals surface area contributed by atoms with Gasteiger partial charge in [-0.05, 0) is 0 Å². The van der Waals surface area contributed by atoms with E-state index in [-0.39, 0.29) is 12.8 Å². The first-order valence-electron chi connectivity index (χ1n) is 2.61. The molecule has 0 atom stereocenters. The van der Waals surface area contributed by atoms with Gasteiger partial charge in [0, 0.05) is 12.8 Å². The van der Waals surface area contributed by atoms with Crippen molar-refractivity contribution in [3.05, 3.63) is 0 Å². The van der Waals surface area contributed by atoms with Gasteiger partial charge < -0.3 is 0 Å². The zero-order valence-electron chi connectivity index (χ0n) is 4.94. The van der Waals surface area contributed by atoms with Crippen molar-refractivity contribution in [2.45, 2.75) is 12.8 Å². The van der Waals surface area contributed by atoms with Crippen LogP contribution in [-0.4, -0.2) is 16.9 Å². The van der Waals surface area contributed by atoms with Gasteiger partial charge >= 0.3 is 8.69 Å². The van der Waals surface area contributed by atoms with Crippen molar-refractivity contribution in [2.75, 3.05) is 0 Å². The third-order valence-electron chi connectivity index (χ3n) is 1.12.